The van der Waals surface area contributed by atoms with Crippen LogP contribution in [-0.2, 0) is 19.6 Å². The third kappa shape index (κ3) is 4.65. The number of morpholine rings is 1. The zero-order chi connectivity index (χ0) is 16.2. The number of carbonyl (C=O) groups is 1. The maximum absolute atomic E-state index is 12.5. The molecule has 0 bridgehead atoms. The SMILES string of the molecule is CCCS(=O)(=O)NC1CCN(C(=O)[C@H]2NCCO[C@@H]2C)CC1. The first kappa shape index (κ1) is 17.7. The quantitative estimate of drug-likeness (QED) is 0.720. The second-order valence-corrected chi connectivity index (χ2v) is 7.92. The van der Waals surface area contributed by atoms with Crippen molar-refractivity contribution in [3.63, 3.8) is 0 Å². The molecule has 2 atom stereocenters. The lowest BCUT2D eigenvalue weighted by Crippen LogP contribution is -2.58. The fourth-order valence-electron chi connectivity index (χ4n) is 3.01. The molecule has 2 fully saturated rings. The van der Waals surface area contributed by atoms with Gasteiger partial charge in [-0.15, -0.1) is 0 Å². The van der Waals surface area contributed by atoms with Crippen LogP contribution < -0.4 is 10.0 Å². The van der Waals surface area contributed by atoms with Gasteiger partial charge in [-0.25, -0.2) is 13.1 Å². The van der Waals surface area contributed by atoms with Gasteiger partial charge in [0, 0.05) is 25.7 Å². The van der Waals surface area contributed by atoms with E-state index in [0.29, 0.717) is 45.5 Å². The predicted molar refractivity (Wildman–Crippen MR) is 84.0 cm³/mol. The average Bonchev–Trinajstić information content (AvgIpc) is 2.47. The normalized spacial score (nSPS) is 27.8. The lowest BCUT2D eigenvalue weighted by Gasteiger charge is -2.37. The highest BCUT2D eigenvalue weighted by atomic mass is 32.2. The third-order valence-electron chi connectivity index (χ3n) is 4.21. The van der Waals surface area contributed by atoms with Crippen molar-refractivity contribution >= 4 is 15.9 Å². The van der Waals surface area contributed by atoms with E-state index in [1.165, 1.54) is 0 Å². The number of rotatable bonds is 5. The number of carbonyl (C=O) groups excluding carboxylic acids is 1. The molecule has 0 aliphatic carbocycles. The van der Waals surface area contributed by atoms with E-state index in [4.69, 9.17) is 4.74 Å². The molecule has 0 saturated carbocycles. The summed E-state index contributed by atoms with van der Waals surface area (Å²) in [6.45, 7) is 6.24. The molecule has 0 spiro atoms. The standard InChI is InChI=1S/C14H27N3O4S/c1-3-10-22(19,20)16-12-4-7-17(8-5-12)14(18)13-11(2)21-9-6-15-13/h11-13,15-16H,3-10H2,1-2H3/t11-,13+/m1/s1. The summed E-state index contributed by atoms with van der Waals surface area (Å²) in [7, 11) is -3.18. The van der Waals surface area contributed by atoms with Gasteiger partial charge in [-0.1, -0.05) is 6.92 Å². The van der Waals surface area contributed by atoms with Crippen molar-refractivity contribution in [2.75, 3.05) is 32.0 Å². The van der Waals surface area contributed by atoms with Crippen LogP contribution in [0.4, 0.5) is 0 Å². The first-order valence-electron chi connectivity index (χ1n) is 8.06. The van der Waals surface area contributed by atoms with Crippen molar-refractivity contribution in [2.24, 2.45) is 0 Å². The van der Waals surface area contributed by atoms with Crippen LogP contribution >= 0.6 is 0 Å². The molecule has 0 radical (unpaired) electrons. The van der Waals surface area contributed by atoms with E-state index in [9.17, 15) is 13.2 Å². The highest BCUT2D eigenvalue weighted by Gasteiger charge is 2.34. The molecule has 2 saturated heterocycles. The number of likely N-dealkylation sites (tertiary alicyclic amines) is 1. The fraction of sp³-hybridized carbons (Fsp3) is 0.929. The summed E-state index contributed by atoms with van der Waals surface area (Å²) in [5, 5.41) is 3.20. The van der Waals surface area contributed by atoms with Gasteiger partial charge in [0.2, 0.25) is 15.9 Å². The lowest BCUT2D eigenvalue weighted by atomic mass is 10.0. The predicted octanol–water partition coefficient (Wildman–Crippen LogP) is -0.316. The smallest absolute Gasteiger partial charge is 0.242 e. The van der Waals surface area contributed by atoms with Gasteiger partial charge >= 0.3 is 0 Å². The Hall–Kier alpha value is -0.700. The van der Waals surface area contributed by atoms with Crippen molar-refractivity contribution in [3.05, 3.63) is 0 Å². The van der Waals surface area contributed by atoms with Crippen LogP contribution in [0.2, 0.25) is 0 Å². The lowest BCUT2D eigenvalue weighted by molar-refractivity contribution is -0.140. The summed E-state index contributed by atoms with van der Waals surface area (Å²) >= 11 is 0. The van der Waals surface area contributed by atoms with E-state index in [0.717, 1.165) is 0 Å². The van der Waals surface area contributed by atoms with Gasteiger partial charge in [-0.2, -0.15) is 0 Å². The highest BCUT2D eigenvalue weighted by molar-refractivity contribution is 7.89. The number of nitrogens with one attached hydrogen (secondary N) is 2. The summed E-state index contributed by atoms with van der Waals surface area (Å²) < 4.78 is 31.8. The maximum atomic E-state index is 12.5. The van der Waals surface area contributed by atoms with E-state index in [1.807, 2.05) is 18.7 Å². The molecule has 0 aromatic heterocycles. The molecule has 7 nitrogen and oxygen atoms in total. The molecule has 2 aliphatic rings. The highest BCUT2D eigenvalue weighted by Crippen LogP contribution is 2.15. The van der Waals surface area contributed by atoms with Gasteiger partial charge in [-0.05, 0) is 26.2 Å². The Labute approximate surface area is 132 Å². The van der Waals surface area contributed by atoms with E-state index < -0.39 is 10.0 Å². The molecule has 0 unspecified atom stereocenters. The molecule has 8 heteroatoms. The molecule has 0 aromatic carbocycles. The molecular weight excluding hydrogens is 306 g/mol. The van der Waals surface area contributed by atoms with Gasteiger partial charge in [0.1, 0.15) is 6.04 Å². The van der Waals surface area contributed by atoms with Crippen molar-refractivity contribution in [1.82, 2.24) is 14.9 Å². The molecule has 2 heterocycles. The largest absolute Gasteiger partial charge is 0.375 e. The third-order valence-corrected chi connectivity index (χ3v) is 5.85. The van der Waals surface area contributed by atoms with Crippen molar-refractivity contribution in [1.29, 1.82) is 0 Å². The van der Waals surface area contributed by atoms with Crippen LogP contribution in [0, 0.1) is 0 Å². The van der Waals surface area contributed by atoms with Crippen molar-refractivity contribution in [2.45, 2.75) is 51.3 Å². The Balaban J connectivity index is 1.82. The second kappa shape index (κ2) is 7.72. The summed E-state index contributed by atoms with van der Waals surface area (Å²) in [5.41, 5.74) is 0. The molecular formula is C14H27N3O4S. The maximum Gasteiger partial charge on any atom is 0.242 e. The number of hydrogen-bond acceptors (Lipinski definition) is 5. The van der Waals surface area contributed by atoms with Crippen molar-refractivity contribution in [3.8, 4) is 0 Å². The number of hydrogen-bond donors (Lipinski definition) is 2. The molecule has 2 aliphatic heterocycles. The summed E-state index contributed by atoms with van der Waals surface area (Å²) in [5.74, 6) is 0.217. The number of sulfonamides is 1. The monoisotopic (exact) mass is 333 g/mol. The Morgan fingerprint density at radius 3 is 2.64 bits per heavy atom. The molecule has 2 rings (SSSR count). The van der Waals surface area contributed by atoms with Crippen LogP contribution in [0.1, 0.15) is 33.1 Å². The minimum Gasteiger partial charge on any atom is -0.375 e. The average molecular weight is 333 g/mol. The van der Waals surface area contributed by atoms with Crippen LogP contribution in [0.3, 0.4) is 0 Å². The summed E-state index contributed by atoms with van der Waals surface area (Å²) in [6.07, 6.45) is 1.81. The molecule has 22 heavy (non-hydrogen) atoms. The summed E-state index contributed by atoms with van der Waals surface area (Å²) in [4.78, 5) is 14.3. The van der Waals surface area contributed by atoms with E-state index in [2.05, 4.69) is 10.0 Å². The van der Waals surface area contributed by atoms with Gasteiger partial charge in [-0.3, -0.25) is 4.79 Å². The number of piperidine rings is 1. The number of amides is 1. The molecule has 128 valence electrons. The summed E-state index contributed by atoms with van der Waals surface area (Å²) in [6, 6.07) is -0.351. The van der Waals surface area contributed by atoms with Crippen LogP contribution in [0.15, 0.2) is 0 Å². The second-order valence-electron chi connectivity index (χ2n) is 6.04. The minimum absolute atomic E-state index is 0.0575. The minimum atomic E-state index is -3.18. The Bertz CT molecular complexity index is 474. The Morgan fingerprint density at radius 2 is 2.05 bits per heavy atom. The number of nitrogens with zero attached hydrogens (tertiary/aromatic N) is 1. The van der Waals surface area contributed by atoms with E-state index in [1.54, 1.807) is 0 Å². The zero-order valence-electron chi connectivity index (χ0n) is 13.4. The molecule has 1 amide bonds. The Morgan fingerprint density at radius 1 is 1.36 bits per heavy atom. The van der Waals surface area contributed by atoms with Crippen molar-refractivity contribution < 1.29 is 17.9 Å². The van der Waals surface area contributed by atoms with Gasteiger partial charge in [0.25, 0.3) is 0 Å². The molecule has 0 aromatic rings. The first-order chi connectivity index (χ1) is 10.4. The fourth-order valence-corrected chi connectivity index (χ4v) is 4.40. The van der Waals surface area contributed by atoms with E-state index >= 15 is 0 Å². The topological polar surface area (TPSA) is 87.7 Å². The Kier molecular flexibility index (Phi) is 6.19. The van der Waals surface area contributed by atoms with Crippen LogP contribution in [0.5, 0.6) is 0 Å². The first-order valence-corrected chi connectivity index (χ1v) is 9.72. The van der Waals surface area contributed by atoms with Crippen LogP contribution in [0.25, 0.3) is 0 Å². The van der Waals surface area contributed by atoms with Gasteiger partial charge in [0.15, 0.2) is 0 Å². The van der Waals surface area contributed by atoms with E-state index in [-0.39, 0.29) is 29.8 Å². The van der Waals surface area contributed by atoms with Gasteiger partial charge < -0.3 is 15.0 Å². The number of ether oxygens (including phenoxy) is 1. The molecule has 2 N–H and O–H groups in total. The van der Waals surface area contributed by atoms with Gasteiger partial charge in [0.05, 0.1) is 18.5 Å². The van der Waals surface area contributed by atoms with Crippen LogP contribution in [-0.4, -0.2) is 69.4 Å². The zero-order valence-corrected chi connectivity index (χ0v) is 14.2.